The number of carbonyl (C=O) groups excluding carboxylic acids is 3. The summed E-state index contributed by atoms with van der Waals surface area (Å²) in [5.74, 6) is 0.438. The monoisotopic (exact) mass is 399 g/mol. The zero-order valence-electron chi connectivity index (χ0n) is 17.0. The van der Waals surface area contributed by atoms with Crippen molar-refractivity contribution in [2.75, 3.05) is 44.7 Å². The molecule has 3 amide bonds. The van der Waals surface area contributed by atoms with Crippen molar-refractivity contribution in [3.8, 4) is 5.75 Å². The maximum Gasteiger partial charge on any atom is 0.233 e. The molecule has 2 aliphatic heterocycles. The minimum atomic E-state index is -0.141. The van der Waals surface area contributed by atoms with Crippen LogP contribution in [0, 0.1) is 11.8 Å². The van der Waals surface area contributed by atoms with Gasteiger partial charge in [0.15, 0.2) is 0 Å². The number of hydrogen-bond donors (Lipinski definition) is 0. The number of carbonyl (C=O) groups is 3. The number of anilines is 1. The Morgan fingerprint density at radius 1 is 1.03 bits per heavy atom. The lowest BCUT2D eigenvalue weighted by molar-refractivity contribution is -0.140. The fraction of sp³-hybridized carbons (Fsp3) is 0.591. The molecule has 0 aromatic heterocycles. The van der Waals surface area contributed by atoms with Crippen LogP contribution in [0.25, 0.3) is 0 Å². The number of piperazine rings is 1. The molecule has 1 aromatic rings. The number of methoxy groups -OCH3 is 1. The summed E-state index contributed by atoms with van der Waals surface area (Å²) in [6.45, 7) is 3.02. The molecule has 0 N–H and O–H groups in total. The quantitative estimate of drug-likeness (QED) is 0.708. The fourth-order valence-corrected chi connectivity index (χ4v) is 4.84. The molecule has 0 spiro atoms. The van der Waals surface area contributed by atoms with Crippen molar-refractivity contribution in [2.45, 2.75) is 32.1 Å². The molecule has 0 bridgehead atoms. The van der Waals surface area contributed by atoms with Crippen molar-refractivity contribution in [3.63, 3.8) is 0 Å². The summed E-state index contributed by atoms with van der Waals surface area (Å²) in [7, 11) is 1.65. The van der Waals surface area contributed by atoms with Crippen molar-refractivity contribution >= 4 is 23.4 Å². The number of hydrogen-bond acceptors (Lipinski definition) is 5. The normalized spacial score (nSPS) is 24.7. The van der Waals surface area contributed by atoms with Crippen LogP contribution in [0.3, 0.4) is 0 Å². The van der Waals surface area contributed by atoms with Crippen LogP contribution in [0.4, 0.5) is 5.69 Å². The molecule has 3 fully saturated rings. The Morgan fingerprint density at radius 2 is 1.69 bits per heavy atom. The van der Waals surface area contributed by atoms with Crippen molar-refractivity contribution < 1.29 is 19.1 Å². The fourth-order valence-electron chi connectivity index (χ4n) is 4.84. The molecule has 0 radical (unpaired) electrons. The van der Waals surface area contributed by atoms with E-state index in [0.29, 0.717) is 13.1 Å². The lowest BCUT2D eigenvalue weighted by atomic mass is 9.81. The predicted octanol–water partition coefficient (Wildman–Crippen LogP) is 1.91. The SMILES string of the molecule is COc1cccc(N2CCN(C(=O)CCN3C(=O)[C@H]4CCCC[C@@H]4C3=O)CC2)c1. The van der Waals surface area contributed by atoms with Crippen molar-refractivity contribution in [2.24, 2.45) is 11.8 Å². The van der Waals surface area contributed by atoms with Crippen molar-refractivity contribution in [1.82, 2.24) is 9.80 Å². The number of rotatable bonds is 5. The Kier molecular flexibility index (Phi) is 5.74. The Hall–Kier alpha value is -2.57. The van der Waals surface area contributed by atoms with Gasteiger partial charge < -0.3 is 14.5 Å². The summed E-state index contributed by atoms with van der Waals surface area (Å²) < 4.78 is 5.29. The zero-order chi connectivity index (χ0) is 20.4. The largest absolute Gasteiger partial charge is 0.497 e. The Morgan fingerprint density at radius 3 is 2.31 bits per heavy atom. The maximum absolute atomic E-state index is 12.7. The van der Waals surface area contributed by atoms with Gasteiger partial charge in [0.05, 0.1) is 18.9 Å². The first-order chi connectivity index (χ1) is 14.1. The molecule has 1 aromatic carbocycles. The summed E-state index contributed by atoms with van der Waals surface area (Å²) >= 11 is 0. The van der Waals surface area contributed by atoms with Gasteiger partial charge in [-0.3, -0.25) is 19.3 Å². The minimum Gasteiger partial charge on any atom is -0.497 e. The van der Waals surface area contributed by atoms with Crippen molar-refractivity contribution in [1.29, 1.82) is 0 Å². The van der Waals surface area contributed by atoms with E-state index in [9.17, 15) is 14.4 Å². The van der Waals surface area contributed by atoms with Gasteiger partial charge in [0.1, 0.15) is 5.75 Å². The van der Waals surface area contributed by atoms with Crippen LogP contribution in [0.1, 0.15) is 32.1 Å². The summed E-state index contributed by atoms with van der Waals surface area (Å²) in [5, 5.41) is 0. The molecule has 7 nitrogen and oxygen atoms in total. The smallest absolute Gasteiger partial charge is 0.233 e. The molecule has 29 heavy (non-hydrogen) atoms. The van der Waals surface area contributed by atoms with Crippen molar-refractivity contribution in [3.05, 3.63) is 24.3 Å². The molecule has 2 atom stereocenters. The first-order valence-electron chi connectivity index (χ1n) is 10.6. The average Bonchev–Trinajstić information content (AvgIpc) is 3.02. The van der Waals surface area contributed by atoms with Gasteiger partial charge in [0.2, 0.25) is 17.7 Å². The number of likely N-dealkylation sites (tertiary alicyclic amines) is 1. The van der Waals surface area contributed by atoms with E-state index in [1.807, 2.05) is 29.2 Å². The molecule has 4 rings (SSSR count). The lowest BCUT2D eigenvalue weighted by Crippen LogP contribution is -2.49. The summed E-state index contributed by atoms with van der Waals surface area (Å²) in [5.41, 5.74) is 1.09. The standard InChI is InChI=1S/C22H29N3O4/c1-29-17-6-4-5-16(15-17)23-11-13-24(14-12-23)20(26)9-10-25-21(27)18-7-2-3-8-19(18)22(25)28/h4-6,15,18-19H,2-3,7-14H2,1H3/t18-,19-/m0/s1. The third-order valence-electron chi connectivity index (χ3n) is 6.53. The molecule has 1 saturated carbocycles. The van der Waals surface area contributed by atoms with Gasteiger partial charge in [-0.25, -0.2) is 0 Å². The van der Waals surface area contributed by atoms with E-state index in [4.69, 9.17) is 4.74 Å². The number of imide groups is 1. The summed E-state index contributed by atoms with van der Waals surface area (Å²) in [6, 6.07) is 7.93. The second kappa shape index (κ2) is 8.43. The van der Waals surface area contributed by atoms with Gasteiger partial charge in [-0.05, 0) is 25.0 Å². The molecule has 2 heterocycles. The molecule has 0 unspecified atom stereocenters. The zero-order valence-corrected chi connectivity index (χ0v) is 17.0. The van der Waals surface area contributed by atoms with E-state index < -0.39 is 0 Å². The summed E-state index contributed by atoms with van der Waals surface area (Å²) in [4.78, 5) is 43.2. The predicted molar refractivity (Wildman–Crippen MR) is 109 cm³/mol. The third kappa shape index (κ3) is 3.95. The van der Waals surface area contributed by atoms with Gasteiger partial charge in [0, 0.05) is 50.9 Å². The van der Waals surface area contributed by atoms with Crippen LogP contribution >= 0.6 is 0 Å². The first kappa shape index (κ1) is 19.7. The number of ether oxygens (including phenoxy) is 1. The highest BCUT2D eigenvalue weighted by molar-refractivity contribution is 6.05. The number of amides is 3. The van der Waals surface area contributed by atoms with E-state index in [0.717, 1.165) is 50.2 Å². The lowest BCUT2D eigenvalue weighted by Gasteiger charge is -2.36. The van der Waals surface area contributed by atoms with Crippen LogP contribution in [-0.2, 0) is 14.4 Å². The number of benzene rings is 1. The van der Waals surface area contributed by atoms with Crippen LogP contribution in [0.2, 0.25) is 0 Å². The maximum atomic E-state index is 12.7. The van der Waals surface area contributed by atoms with Gasteiger partial charge in [-0.2, -0.15) is 0 Å². The molecule has 2 saturated heterocycles. The summed E-state index contributed by atoms with van der Waals surface area (Å²) in [6.07, 6.45) is 3.88. The number of fused-ring (bicyclic) bond motifs is 1. The van der Waals surface area contributed by atoms with E-state index in [-0.39, 0.29) is 42.5 Å². The molecule has 156 valence electrons. The topological polar surface area (TPSA) is 70.2 Å². The second-order valence-corrected chi connectivity index (χ2v) is 8.14. The second-order valence-electron chi connectivity index (χ2n) is 8.14. The first-order valence-corrected chi connectivity index (χ1v) is 10.6. The molecular formula is C22H29N3O4. The van der Waals surface area contributed by atoms with Gasteiger partial charge in [-0.15, -0.1) is 0 Å². The van der Waals surface area contributed by atoms with Crippen LogP contribution in [0.5, 0.6) is 5.75 Å². The van der Waals surface area contributed by atoms with Crippen LogP contribution in [-0.4, -0.2) is 67.4 Å². The van der Waals surface area contributed by atoms with E-state index in [2.05, 4.69) is 4.90 Å². The highest BCUT2D eigenvalue weighted by Gasteiger charge is 2.47. The Bertz CT molecular complexity index is 764. The van der Waals surface area contributed by atoms with E-state index in [1.54, 1.807) is 7.11 Å². The molecule has 7 heteroatoms. The number of nitrogens with zero attached hydrogens (tertiary/aromatic N) is 3. The van der Waals surface area contributed by atoms with E-state index >= 15 is 0 Å². The molecular weight excluding hydrogens is 370 g/mol. The highest BCUT2D eigenvalue weighted by Crippen LogP contribution is 2.38. The van der Waals surface area contributed by atoms with Crippen LogP contribution < -0.4 is 9.64 Å². The molecule has 3 aliphatic rings. The Balaban J connectivity index is 1.28. The van der Waals surface area contributed by atoms with Gasteiger partial charge >= 0.3 is 0 Å². The Labute approximate surface area is 171 Å². The average molecular weight is 399 g/mol. The van der Waals surface area contributed by atoms with E-state index in [1.165, 1.54) is 4.90 Å². The van der Waals surface area contributed by atoms with Gasteiger partial charge in [-0.1, -0.05) is 18.9 Å². The minimum absolute atomic E-state index is 0.0192. The highest BCUT2D eigenvalue weighted by atomic mass is 16.5. The molecule has 1 aliphatic carbocycles. The third-order valence-corrected chi connectivity index (χ3v) is 6.53. The van der Waals surface area contributed by atoms with Crippen LogP contribution in [0.15, 0.2) is 24.3 Å². The van der Waals surface area contributed by atoms with Gasteiger partial charge in [0.25, 0.3) is 0 Å².